The zero-order valence-corrected chi connectivity index (χ0v) is 25.2. The summed E-state index contributed by atoms with van der Waals surface area (Å²) < 4.78 is 32.3. The highest BCUT2D eigenvalue weighted by Crippen LogP contribution is 2.26. The van der Waals surface area contributed by atoms with E-state index in [0.717, 1.165) is 22.4 Å². The van der Waals surface area contributed by atoms with Crippen LogP contribution < -0.4 is 14.8 Å². The van der Waals surface area contributed by atoms with Crippen molar-refractivity contribution < 1.29 is 22.7 Å². The fourth-order valence-electron chi connectivity index (χ4n) is 4.74. The smallest absolute Gasteiger partial charge is 0.247 e. The molecule has 0 saturated carbocycles. The van der Waals surface area contributed by atoms with Gasteiger partial charge in [-0.05, 0) is 52.9 Å². The average molecular weight is 600 g/mol. The zero-order chi connectivity index (χ0) is 30.7. The summed E-state index contributed by atoms with van der Waals surface area (Å²) in [6.07, 6.45) is 0.530. The molecule has 0 aliphatic carbocycles. The SMILES string of the molecule is CCNS(=O)(=O)c1ccc(CCC(=O)N(Cc2ccccc2)[C@@H](C(=O)NCc2ccc(OC)cc2)c2ccccc2)cc1. The van der Waals surface area contributed by atoms with Gasteiger partial charge in [0.25, 0.3) is 0 Å². The number of nitrogens with zero attached hydrogens (tertiary/aromatic N) is 1. The Bertz CT molecular complexity index is 1580. The molecule has 0 aliphatic heterocycles. The summed E-state index contributed by atoms with van der Waals surface area (Å²) in [5, 5.41) is 3.02. The third-order valence-corrected chi connectivity index (χ3v) is 8.57. The molecule has 0 saturated heterocycles. The van der Waals surface area contributed by atoms with Crippen molar-refractivity contribution in [2.24, 2.45) is 0 Å². The van der Waals surface area contributed by atoms with Crippen LogP contribution in [-0.4, -0.2) is 38.8 Å². The molecule has 2 N–H and O–H groups in total. The van der Waals surface area contributed by atoms with E-state index in [1.807, 2.05) is 84.9 Å². The number of rotatable bonds is 14. The monoisotopic (exact) mass is 599 g/mol. The van der Waals surface area contributed by atoms with Crippen molar-refractivity contribution in [3.05, 3.63) is 131 Å². The summed E-state index contributed by atoms with van der Waals surface area (Å²) in [5.74, 6) is 0.247. The Morgan fingerprint density at radius 1 is 0.791 bits per heavy atom. The molecular formula is C34H37N3O5S. The van der Waals surface area contributed by atoms with Crippen molar-refractivity contribution in [2.45, 2.75) is 43.8 Å². The molecule has 0 fully saturated rings. The molecule has 224 valence electrons. The largest absolute Gasteiger partial charge is 0.497 e. The number of hydrogen-bond donors (Lipinski definition) is 2. The second-order valence-electron chi connectivity index (χ2n) is 10.0. The third kappa shape index (κ3) is 8.76. The lowest BCUT2D eigenvalue weighted by Crippen LogP contribution is -2.43. The highest BCUT2D eigenvalue weighted by Gasteiger charge is 2.31. The number of aryl methyl sites for hydroxylation is 1. The second kappa shape index (κ2) is 15.1. The van der Waals surface area contributed by atoms with E-state index in [9.17, 15) is 18.0 Å². The Balaban J connectivity index is 1.57. The number of hydrogen-bond acceptors (Lipinski definition) is 5. The molecule has 0 bridgehead atoms. The molecule has 43 heavy (non-hydrogen) atoms. The van der Waals surface area contributed by atoms with Crippen LogP contribution in [0.5, 0.6) is 5.75 Å². The minimum absolute atomic E-state index is 0.140. The molecule has 8 nitrogen and oxygen atoms in total. The van der Waals surface area contributed by atoms with Gasteiger partial charge in [0.1, 0.15) is 11.8 Å². The molecule has 1 atom stereocenters. The number of carbonyl (C=O) groups excluding carboxylic acids is 2. The van der Waals surface area contributed by atoms with Crippen molar-refractivity contribution in [2.75, 3.05) is 13.7 Å². The normalized spacial score (nSPS) is 11.9. The van der Waals surface area contributed by atoms with Gasteiger partial charge in [-0.25, -0.2) is 13.1 Å². The van der Waals surface area contributed by atoms with Crippen LogP contribution in [0.4, 0.5) is 0 Å². The Hall–Kier alpha value is -4.47. The molecule has 2 amide bonds. The maximum absolute atomic E-state index is 13.9. The van der Waals surface area contributed by atoms with Gasteiger partial charge in [-0.1, -0.05) is 91.9 Å². The fraction of sp³-hybridized carbons (Fsp3) is 0.235. The molecular weight excluding hydrogens is 562 g/mol. The van der Waals surface area contributed by atoms with Gasteiger partial charge < -0.3 is 15.0 Å². The topological polar surface area (TPSA) is 105 Å². The maximum atomic E-state index is 13.9. The maximum Gasteiger partial charge on any atom is 0.247 e. The quantitative estimate of drug-likeness (QED) is 0.212. The lowest BCUT2D eigenvalue weighted by Gasteiger charge is -2.32. The number of carbonyl (C=O) groups is 2. The Labute approximate surface area is 253 Å². The van der Waals surface area contributed by atoms with Crippen LogP contribution in [0.25, 0.3) is 0 Å². The zero-order valence-electron chi connectivity index (χ0n) is 24.4. The van der Waals surface area contributed by atoms with Gasteiger partial charge in [0.2, 0.25) is 21.8 Å². The number of sulfonamides is 1. The Morgan fingerprint density at radius 2 is 1.40 bits per heavy atom. The number of benzene rings is 4. The molecule has 4 rings (SSSR count). The number of nitrogens with one attached hydrogen (secondary N) is 2. The van der Waals surface area contributed by atoms with Crippen LogP contribution in [0, 0.1) is 0 Å². The summed E-state index contributed by atoms with van der Waals surface area (Å²) in [6.45, 7) is 2.56. The molecule has 0 spiro atoms. The van der Waals surface area contributed by atoms with Crippen molar-refractivity contribution >= 4 is 21.8 Å². The van der Waals surface area contributed by atoms with E-state index in [2.05, 4.69) is 10.0 Å². The molecule has 0 unspecified atom stereocenters. The van der Waals surface area contributed by atoms with E-state index in [4.69, 9.17) is 4.74 Å². The van der Waals surface area contributed by atoms with Crippen LogP contribution in [0.2, 0.25) is 0 Å². The molecule has 4 aromatic rings. The van der Waals surface area contributed by atoms with Gasteiger partial charge in [0, 0.05) is 26.1 Å². The molecule has 9 heteroatoms. The highest BCUT2D eigenvalue weighted by atomic mass is 32.2. The van der Waals surface area contributed by atoms with Gasteiger partial charge in [-0.2, -0.15) is 0 Å². The van der Waals surface area contributed by atoms with Gasteiger partial charge in [0.15, 0.2) is 0 Å². The predicted octanol–water partition coefficient (Wildman–Crippen LogP) is 5.01. The summed E-state index contributed by atoms with van der Waals surface area (Å²) in [5.41, 5.74) is 3.33. The molecule has 4 aromatic carbocycles. The summed E-state index contributed by atoms with van der Waals surface area (Å²) in [7, 11) is -1.96. The van der Waals surface area contributed by atoms with E-state index in [0.29, 0.717) is 25.1 Å². The van der Waals surface area contributed by atoms with Crippen LogP contribution in [0.1, 0.15) is 41.6 Å². The Morgan fingerprint density at radius 3 is 2.00 bits per heavy atom. The van der Waals surface area contributed by atoms with Crippen molar-refractivity contribution in [3.63, 3.8) is 0 Å². The van der Waals surface area contributed by atoms with Gasteiger partial charge in [-0.15, -0.1) is 0 Å². The van der Waals surface area contributed by atoms with E-state index >= 15 is 0 Å². The molecule has 0 heterocycles. The van der Waals surface area contributed by atoms with Crippen LogP contribution >= 0.6 is 0 Å². The van der Waals surface area contributed by atoms with Gasteiger partial charge in [0.05, 0.1) is 12.0 Å². The van der Waals surface area contributed by atoms with Crippen molar-refractivity contribution in [1.82, 2.24) is 14.9 Å². The highest BCUT2D eigenvalue weighted by molar-refractivity contribution is 7.89. The van der Waals surface area contributed by atoms with E-state index in [1.165, 1.54) is 0 Å². The van der Waals surface area contributed by atoms with E-state index in [1.54, 1.807) is 43.2 Å². The lowest BCUT2D eigenvalue weighted by molar-refractivity contribution is -0.141. The number of methoxy groups -OCH3 is 1. The first-order valence-electron chi connectivity index (χ1n) is 14.2. The number of ether oxygens (including phenoxy) is 1. The van der Waals surface area contributed by atoms with E-state index in [-0.39, 0.29) is 29.7 Å². The van der Waals surface area contributed by atoms with Crippen LogP contribution in [-0.2, 0) is 39.1 Å². The summed E-state index contributed by atoms with van der Waals surface area (Å²) >= 11 is 0. The second-order valence-corrected chi connectivity index (χ2v) is 11.8. The van der Waals surface area contributed by atoms with E-state index < -0.39 is 16.1 Å². The first kappa shape index (κ1) is 31.5. The standard InChI is InChI=1S/C34H37N3O5S/c1-3-36-43(40,41)31-21-16-26(17-22-31)18-23-32(38)37(25-28-10-6-4-7-11-28)33(29-12-8-5-9-13-29)34(39)35-24-27-14-19-30(42-2)20-15-27/h4-17,19-22,33,36H,3,18,23-25H2,1-2H3,(H,35,39)/t33-/m1/s1. The fourth-order valence-corrected chi connectivity index (χ4v) is 5.79. The van der Waals surface area contributed by atoms with Gasteiger partial charge in [-0.3, -0.25) is 9.59 Å². The predicted molar refractivity (Wildman–Crippen MR) is 167 cm³/mol. The molecule has 0 aromatic heterocycles. The Kier molecular flexibility index (Phi) is 11.1. The van der Waals surface area contributed by atoms with Crippen molar-refractivity contribution in [3.8, 4) is 5.75 Å². The first-order chi connectivity index (χ1) is 20.8. The minimum Gasteiger partial charge on any atom is -0.497 e. The first-order valence-corrected chi connectivity index (χ1v) is 15.7. The average Bonchev–Trinajstić information content (AvgIpc) is 3.03. The third-order valence-electron chi connectivity index (χ3n) is 7.01. The molecule has 0 radical (unpaired) electrons. The minimum atomic E-state index is -3.56. The number of amides is 2. The van der Waals surface area contributed by atoms with Crippen molar-refractivity contribution in [1.29, 1.82) is 0 Å². The van der Waals surface area contributed by atoms with Crippen LogP contribution in [0.15, 0.2) is 114 Å². The van der Waals surface area contributed by atoms with Gasteiger partial charge >= 0.3 is 0 Å². The summed E-state index contributed by atoms with van der Waals surface area (Å²) in [6, 6.07) is 32.0. The summed E-state index contributed by atoms with van der Waals surface area (Å²) in [4.78, 5) is 29.6. The molecule has 0 aliphatic rings. The van der Waals surface area contributed by atoms with Crippen LogP contribution in [0.3, 0.4) is 0 Å². The lowest BCUT2D eigenvalue weighted by atomic mass is 10.0.